The Morgan fingerprint density at radius 2 is 1.95 bits per heavy atom. The predicted molar refractivity (Wildman–Crippen MR) is 73.7 cm³/mol. The van der Waals surface area contributed by atoms with Gasteiger partial charge in [-0.2, -0.15) is 4.98 Å². The molecule has 0 saturated carbocycles. The van der Waals surface area contributed by atoms with E-state index in [0.717, 1.165) is 11.3 Å². The van der Waals surface area contributed by atoms with E-state index in [9.17, 15) is 0 Å². The van der Waals surface area contributed by atoms with Crippen molar-refractivity contribution in [1.82, 2.24) is 9.97 Å². The van der Waals surface area contributed by atoms with Crippen molar-refractivity contribution in [3.8, 4) is 11.6 Å². The summed E-state index contributed by atoms with van der Waals surface area (Å²) in [7, 11) is 1.58. The SMILES string of the molecule is COCc1nc(Cl)cc(Oc2ccc(C)cc2C)n1. The van der Waals surface area contributed by atoms with Crippen LogP contribution in [0.25, 0.3) is 0 Å². The molecule has 5 heteroatoms. The normalized spacial score (nSPS) is 10.5. The zero-order chi connectivity index (χ0) is 13.8. The smallest absolute Gasteiger partial charge is 0.224 e. The molecule has 0 unspecified atom stereocenters. The summed E-state index contributed by atoms with van der Waals surface area (Å²) in [6, 6.07) is 7.53. The third-order valence-corrected chi connectivity index (χ3v) is 2.73. The first-order valence-electron chi connectivity index (χ1n) is 5.86. The second kappa shape index (κ2) is 5.99. The summed E-state index contributed by atoms with van der Waals surface area (Å²) in [6.07, 6.45) is 0. The number of hydrogen-bond donors (Lipinski definition) is 0. The molecule has 19 heavy (non-hydrogen) atoms. The third kappa shape index (κ3) is 3.66. The average molecular weight is 279 g/mol. The molecule has 1 heterocycles. The zero-order valence-corrected chi connectivity index (χ0v) is 11.9. The van der Waals surface area contributed by atoms with Crippen LogP contribution in [0.4, 0.5) is 0 Å². The van der Waals surface area contributed by atoms with Gasteiger partial charge in [0.25, 0.3) is 0 Å². The summed E-state index contributed by atoms with van der Waals surface area (Å²) in [5, 5.41) is 0.335. The number of hydrogen-bond acceptors (Lipinski definition) is 4. The quantitative estimate of drug-likeness (QED) is 0.800. The van der Waals surface area contributed by atoms with Gasteiger partial charge in [0.2, 0.25) is 5.88 Å². The van der Waals surface area contributed by atoms with Crippen molar-refractivity contribution < 1.29 is 9.47 Å². The Balaban J connectivity index is 2.27. The van der Waals surface area contributed by atoms with Gasteiger partial charge in [0.15, 0.2) is 5.82 Å². The fraction of sp³-hybridized carbons (Fsp3) is 0.286. The standard InChI is InChI=1S/C14H15ClN2O2/c1-9-4-5-11(10(2)6-9)19-14-7-12(15)16-13(17-14)8-18-3/h4-7H,8H2,1-3H3. The number of aryl methyl sites for hydroxylation is 2. The molecule has 0 atom stereocenters. The Bertz CT molecular complexity index is 588. The van der Waals surface area contributed by atoms with Crippen molar-refractivity contribution in [2.24, 2.45) is 0 Å². The number of ether oxygens (including phenoxy) is 2. The molecule has 0 N–H and O–H groups in total. The highest BCUT2D eigenvalue weighted by atomic mass is 35.5. The van der Waals surface area contributed by atoms with Crippen LogP contribution in [0.2, 0.25) is 5.15 Å². The number of benzene rings is 1. The lowest BCUT2D eigenvalue weighted by Crippen LogP contribution is -1.99. The Kier molecular flexibility index (Phi) is 4.35. The lowest BCUT2D eigenvalue weighted by Gasteiger charge is -2.09. The van der Waals surface area contributed by atoms with Gasteiger partial charge in [-0.15, -0.1) is 0 Å². The molecule has 0 spiro atoms. The minimum absolute atomic E-state index is 0.295. The van der Waals surface area contributed by atoms with Crippen LogP contribution in [0.5, 0.6) is 11.6 Å². The Morgan fingerprint density at radius 3 is 2.63 bits per heavy atom. The van der Waals surface area contributed by atoms with Gasteiger partial charge >= 0.3 is 0 Å². The van der Waals surface area contributed by atoms with E-state index in [1.54, 1.807) is 13.2 Å². The molecular formula is C14H15ClN2O2. The predicted octanol–water partition coefficient (Wildman–Crippen LogP) is 3.69. The minimum Gasteiger partial charge on any atom is -0.439 e. The topological polar surface area (TPSA) is 44.2 Å². The monoisotopic (exact) mass is 278 g/mol. The first kappa shape index (κ1) is 13.8. The van der Waals surface area contributed by atoms with Crippen molar-refractivity contribution in [3.05, 3.63) is 46.4 Å². The zero-order valence-electron chi connectivity index (χ0n) is 11.1. The second-order valence-corrected chi connectivity index (χ2v) is 4.64. The second-order valence-electron chi connectivity index (χ2n) is 4.25. The molecular weight excluding hydrogens is 264 g/mol. The summed E-state index contributed by atoms with van der Waals surface area (Å²) in [6.45, 7) is 4.32. The van der Waals surface area contributed by atoms with E-state index >= 15 is 0 Å². The first-order chi connectivity index (χ1) is 9.08. The van der Waals surface area contributed by atoms with E-state index in [1.807, 2.05) is 32.0 Å². The van der Waals surface area contributed by atoms with Crippen LogP contribution in [0, 0.1) is 13.8 Å². The molecule has 0 saturated heterocycles. The van der Waals surface area contributed by atoms with Crippen molar-refractivity contribution in [1.29, 1.82) is 0 Å². The van der Waals surface area contributed by atoms with Crippen LogP contribution in [0.1, 0.15) is 17.0 Å². The van der Waals surface area contributed by atoms with Crippen LogP contribution < -0.4 is 4.74 Å². The van der Waals surface area contributed by atoms with Crippen LogP contribution in [0.3, 0.4) is 0 Å². The maximum Gasteiger partial charge on any atom is 0.224 e. The Hall–Kier alpha value is -1.65. The molecule has 0 fully saturated rings. The number of rotatable bonds is 4. The molecule has 0 aliphatic heterocycles. The molecule has 0 amide bonds. The number of aromatic nitrogens is 2. The van der Waals surface area contributed by atoms with Crippen molar-refractivity contribution in [3.63, 3.8) is 0 Å². The summed E-state index contributed by atoms with van der Waals surface area (Å²) >= 11 is 5.93. The van der Waals surface area contributed by atoms with E-state index in [-0.39, 0.29) is 0 Å². The van der Waals surface area contributed by atoms with Crippen LogP contribution >= 0.6 is 11.6 Å². The van der Waals surface area contributed by atoms with Gasteiger partial charge in [-0.05, 0) is 25.5 Å². The molecule has 4 nitrogen and oxygen atoms in total. The number of halogens is 1. The van der Waals surface area contributed by atoms with E-state index < -0.39 is 0 Å². The molecule has 1 aromatic carbocycles. The molecule has 2 aromatic rings. The first-order valence-corrected chi connectivity index (χ1v) is 6.24. The van der Waals surface area contributed by atoms with Gasteiger partial charge in [0, 0.05) is 13.2 Å². The summed E-state index contributed by atoms with van der Waals surface area (Å²) < 4.78 is 10.7. The lowest BCUT2D eigenvalue weighted by atomic mass is 10.1. The Morgan fingerprint density at radius 1 is 1.16 bits per heavy atom. The highest BCUT2D eigenvalue weighted by molar-refractivity contribution is 6.29. The minimum atomic E-state index is 0.295. The highest BCUT2D eigenvalue weighted by Crippen LogP contribution is 2.25. The number of nitrogens with zero attached hydrogens (tertiary/aromatic N) is 2. The molecule has 0 aliphatic carbocycles. The van der Waals surface area contributed by atoms with Gasteiger partial charge in [-0.1, -0.05) is 29.3 Å². The molecule has 0 radical (unpaired) electrons. The number of methoxy groups -OCH3 is 1. The van der Waals surface area contributed by atoms with Gasteiger partial charge < -0.3 is 9.47 Å². The summed E-state index contributed by atoms with van der Waals surface area (Å²) in [5.41, 5.74) is 2.23. The van der Waals surface area contributed by atoms with E-state index in [1.165, 1.54) is 5.56 Å². The molecule has 0 bridgehead atoms. The summed E-state index contributed by atoms with van der Waals surface area (Å²) in [5.74, 6) is 1.66. The van der Waals surface area contributed by atoms with E-state index in [2.05, 4.69) is 9.97 Å². The lowest BCUT2D eigenvalue weighted by molar-refractivity contribution is 0.177. The Labute approximate surface area is 117 Å². The van der Waals surface area contributed by atoms with E-state index in [0.29, 0.717) is 23.5 Å². The fourth-order valence-electron chi connectivity index (χ4n) is 1.71. The molecule has 0 aliphatic rings. The van der Waals surface area contributed by atoms with Gasteiger partial charge in [-0.3, -0.25) is 0 Å². The van der Waals surface area contributed by atoms with Gasteiger partial charge in [0.05, 0.1) is 0 Å². The van der Waals surface area contributed by atoms with Crippen LogP contribution in [0.15, 0.2) is 24.3 Å². The highest BCUT2D eigenvalue weighted by Gasteiger charge is 2.07. The van der Waals surface area contributed by atoms with Gasteiger partial charge in [-0.25, -0.2) is 4.98 Å². The largest absolute Gasteiger partial charge is 0.439 e. The molecule has 1 aromatic heterocycles. The maximum absolute atomic E-state index is 5.93. The summed E-state index contributed by atoms with van der Waals surface area (Å²) in [4.78, 5) is 8.29. The molecule has 2 rings (SSSR count). The molecule has 100 valence electrons. The van der Waals surface area contributed by atoms with Crippen molar-refractivity contribution in [2.45, 2.75) is 20.5 Å². The van der Waals surface area contributed by atoms with Crippen molar-refractivity contribution in [2.75, 3.05) is 7.11 Å². The van der Waals surface area contributed by atoms with Crippen LogP contribution in [-0.2, 0) is 11.3 Å². The average Bonchev–Trinajstić information content (AvgIpc) is 2.32. The van der Waals surface area contributed by atoms with Gasteiger partial charge in [0.1, 0.15) is 17.5 Å². The third-order valence-electron chi connectivity index (χ3n) is 2.54. The fourth-order valence-corrected chi connectivity index (χ4v) is 1.91. The van der Waals surface area contributed by atoms with E-state index in [4.69, 9.17) is 21.1 Å². The van der Waals surface area contributed by atoms with Crippen LogP contribution in [-0.4, -0.2) is 17.1 Å². The maximum atomic E-state index is 5.93. The van der Waals surface area contributed by atoms with Crippen molar-refractivity contribution >= 4 is 11.6 Å².